The standard InChI is InChI=1S/C17H34N2O/c1-4-12-18-15-9-6-5-7-10-16(15)19-13-8-11-17(2,14-19)20-3/h15-16,18H,4-14H2,1-3H3. The fourth-order valence-corrected chi connectivity index (χ4v) is 3.99. The van der Waals surface area contributed by atoms with Crippen molar-refractivity contribution in [1.82, 2.24) is 10.2 Å². The first kappa shape index (κ1) is 16.3. The zero-order valence-corrected chi connectivity index (χ0v) is 13.8. The van der Waals surface area contributed by atoms with E-state index in [0.717, 1.165) is 19.1 Å². The van der Waals surface area contributed by atoms with Crippen LogP contribution in [0.5, 0.6) is 0 Å². The van der Waals surface area contributed by atoms with Crippen molar-refractivity contribution in [2.45, 2.75) is 82.9 Å². The summed E-state index contributed by atoms with van der Waals surface area (Å²) in [6.45, 7) is 8.08. The van der Waals surface area contributed by atoms with Gasteiger partial charge in [0, 0.05) is 25.7 Å². The fraction of sp³-hybridized carbons (Fsp3) is 1.00. The molecule has 0 aromatic carbocycles. The summed E-state index contributed by atoms with van der Waals surface area (Å²) < 4.78 is 5.79. The van der Waals surface area contributed by atoms with E-state index in [1.165, 1.54) is 57.9 Å². The van der Waals surface area contributed by atoms with Crippen molar-refractivity contribution in [2.24, 2.45) is 0 Å². The Bertz CT molecular complexity index is 284. The topological polar surface area (TPSA) is 24.5 Å². The second-order valence-electron chi connectivity index (χ2n) is 6.99. The molecule has 0 spiro atoms. The summed E-state index contributed by atoms with van der Waals surface area (Å²) in [4.78, 5) is 2.73. The molecule has 1 aliphatic carbocycles. The Kier molecular flexibility index (Phi) is 6.31. The Hall–Kier alpha value is -0.120. The van der Waals surface area contributed by atoms with Crippen molar-refractivity contribution < 1.29 is 4.74 Å². The van der Waals surface area contributed by atoms with E-state index in [2.05, 4.69) is 24.1 Å². The summed E-state index contributed by atoms with van der Waals surface area (Å²) in [5.74, 6) is 0. The van der Waals surface area contributed by atoms with Gasteiger partial charge in [0.15, 0.2) is 0 Å². The summed E-state index contributed by atoms with van der Waals surface area (Å²) in [6, 6.07) is 1.41. The average Bonchev–Trinajstić information content (AvgIpc) is 2.70. The highest BCUT2D eigenvalue weighted by Crippen LogP contribution is 2.30. The van der Waals surface area contributed by atoms with Crippen LogP contribution in [0.2, 0.25) is 0 Å². The third kappa shape index (κ3) is 4.19. The van der Waals surface area contributed by atoms with Crippen LogP contribution >= 0.6 is 0 Å². The Morgan fingerprint density at radius 3 is 2.75 bits per heavy atom. The first-order valence-corrected chi connectivity index (χ1v) is 8.71. The third-order valence-electron chi connectivity index (χ3n) is 5.29. The van der Waals surface area contributed by atoms with Crippen LogP contribution in [-0.2, 0) is 4.74 Å². The monoisotopic (exact) mass is 282 g/mol. The van der Waals surface area contributed by atoms with Crippen LogP contribution in [0, 0.1) is 0 Å². The van der Waals surface area contributed by atoms with Crippen LogP contribution in [0.25, 0.3) is 0 Å². The van der Waals surface area contributed by atoms with Crippen molar-refractivity contribution in [2.75, 3.05) is 26.7 Å². The van der Waals surface area contributed by atoms with Crippen LogP contribution in [0.1, 0.15) is 65.2 Å². The molecule has 3 nitrogen and oxygen atoms in total. The second-order valence-corrected chi connectivity index (χ2v) is 6.99. The lowest BCUT2D eigenvalue weighted by molar-refractivity contribution is -0.0656. The smallest absolute Gasteiger partial charge is 0.0777 e. The van der Waals surface area contributed by atoms with Crippen LogP contribution < -0.4 is 5.32 Å². The molecule has 2 fully saturated rings. The molecular weight excluding hydrogens is 248 g/mol. The zero-order valence-electron chi connectivity index (χ0n) is 13.8. The van der Waals surface area contributed by atoms with E-state index in [1.54, 1.807) is 0 Å². The number of hydrogen-bond donors (Lipinski definition) is 1. The Balaban J connectivity index is 2.01. The van der Waals surface area contributed by atoms with Gasteiger partial charge in [0.1, 0.15) is 0 Å². The van der Waals surface area contributed by atoms with Gasteiger partial charge in [-0.3, -0.25) is 4.90 Å². The predicted octanol–water partition coefficient (Wildman–Crippen LogP) is 3.19. The minimum Gasteiger partial charge on any atom is -0.377 e. The zero-order chi connectivity index (χ0) is 14.4. The van der Waals surface area contributed by atoms with Gasteiger partial charge in [-0.1, -0.05) is 26.2 Å². The van der Waals surface area contributed by atoms with E-state index < -0.39 is 0 Å². The normalized spacial score (nSPS) is 36.8. The van der Waals surface area contributed by atoms with Gasteiger partial charge in [0.2, 0.25) is 0 Å². The molecular formula is C17H34N2O. The Morgan fingerprint density at radius 1 is 1.20 bits per heavy atom. The van der Waals surface area contributed by atoms with Gasteiger partial charge in [0.25, 0.3) is 0 Å². The SMILES string of the molecule is CCCNC1CCCCCC1N1CCCC(C)(OC)C1. The quantitative estimate of drug-likeness (QED) is 0.784. The molecule has 1 N–H and O–H groups in total. The lowest BCUT2D eigenvalue weighted by Crippen LogP contribution is -2.57. The first-order chi connectivity index (χ1) is 9.68. The second kappa shape index (κ2) is 7.77. The van der Waals surface area contributed by atoms with Gasteiger partial charge in [-0.15, -0.1) is 0 Å². The molecule has 0 amide bonds. The average molecular weight is 282 g/mol. The minimum absolute atomic E-state index is 0.0693. The highest BCUT2D eigenvalue weighted by molar-refractivity contribution is 4.93. The molecule has 3 atom stereocenters. The highest BCUT2D eigenvalue weighted by atomic mass is 16.5. The third-order valence-corrected chi connectivity index (χ3v) is 5.29. The molecule has 20 heavy (non-hydrogen) atoms. The van der Waals surface area contributed by atoms with Gasteiger partial charge < -0.3 is 10.1 Å². The maximum Gasteiger partial charge on any atom is 0.0777 e. The number of rotatable bonds is 5. The van der Waals surface area contributed by atoms with Crippen molar-refractivity contribution >= 4 is 0 Å². The van der Waals surface area contributed by atoms with Gasteiger partial charge in [0.05, 0.1) is 5.60 Å². The lowest BCUT2D eigenvalue weighted by Gasteiger charge is -2.45. The van der Waals surface area contributed by atoms with Crippen molar-refractivity contribution in [3.05, 3.63) is 0 Å². The number of piperidine rings is 1. The van der Waals surface area contributed by atoms with Gasteiger partial charge in [-0.2, -0.15) is 0 Å². The van der Waals surface area contributed by atoms with Crippen LogP contribution in [-0.4, -0.2) is 49.3 Å². The molecule has 1 aliphatic heterocycles. The predicted molar refractivity (Wildman–Crippen MR) is 85.2 cm³/mol. The molecule has 3 heteroatoms. The van der Waals surface area contributed by atoms with E-state index >= 15 is 0 Å². The Labute approximate surface area is 125 Å². The lowest BCUT2D eigenvalue weighted by atomic mass is 9.91. The minimum atomic E-state index is 0.0693. The molecule has 3 unspecified atom stereocenters. The molecule has 2 aliphatic rings. The molecule has 0 radical (unpaired) electrons. The van der Waals surface area contributed by atoms with Crippen LogP contribution in [0.3, 0.4) is 0 Å². The number of likely N-dealkylation sites (tertiary alicyclic amines) is 1. The van der Waals surface area contributed by atoms with Crippen molar-refractivity contribution in [3.8, 4) is 0 Å². The fourth-order valence-electron chi connectivity index (χ4n) is 3.99. The summed E-state index contributed by atoms with van der Waals surface area (Å²) >= 11 is 0. The number of nitrogens with zero attached hydrogens (tertiary/aromatic N) is 1. The summed E-state index contributed by atoms with van der Waals surface area (Å²) in [7, 11) is 1.88. The van der Waals surface area contributed by atoms with Gasteiger partial charge in [-0.05, 0) is 52.1 Å². The number of hydrogen-bond acceptors (Lipinski definition) is 3. The number of nitrogens with one attached hydrogen (secondary N) is 1. The Morgan fingerprint density at radius 2 is 2.00 bits per heavy atom. The maximum absolute atomic E-state index is 5.79. The number of ether oxygens (including phenoxy) is 1. The molecule has 1 saturated carbocycles. The van der Waals surface area contributed by atoms with E-state index in [4.69, 9.17) is 4.74 Å². The van der Waals surface area contributed by atoms with Gasteiger partial charge in [-0.25, -0.2) is 0 Å². The molecule has 0 aromatic rings. The van der Waals surface area contributed by atoms with E-state index in [0.29, 0.717) is 6.04 Å². The molecule has 1 saturated heterocycles. The molecule has 0 aromatic heterocycles. The number of methoxy groups -OCH3 is 1. The van der Waals surface area contributed by atoms with Gasteiger partial charge >= 0.3 is 0 Å². The van der Waals surface area contributed by atoms with E-state index in [9.17, 15) is 0 Å². The summed E-state index contributed by atoms with van der Waals surface area (Å²) in [5.41, 5.74) is 0.0693. The molecule has 1 heterocycles. The molecule has 0 bridgehead atoms. The molecule has 118 valence electrons. The van der Waals surface area contributed by atoms with Crippen molar-refractivity contribution in [3.63, 3.8) is 0 Å². The first-order valence-electron chi connectivity index (χ1n) is 8.71. The maximum atomic E-state index is 5.79. The van der Waals surface area contributed by atoms with Crippen LogP contribution in [0.15, 0.2) is 0 Å². The highest BCUT2D eigenvalue weighted by Gasteiger charge is 2.36. The van der Waals surface area contributed by atoms with E-state index in [-0.39, 0.29) is 5.60 Å². The van der Waals surface area contributed by atoms with Crippen LogP contribution in [0.4, 0.5) is 0 Å². The van der Waals surface area contributed by atoms with E-state index in [1.807, 2.05) is 7.11 Å². The molecule has 2 rings (SSSR count). The summed E-state index contributed by atoms with van der Waals surface area (Å²) in [6.07, 6.45) is 10.6. The largest absolute Gasteiger partial charge is 0.377 e. The van der Waals surface area contributed by atoms with Crippen molar-refractivity contribution in [1.29, 1.82) is 0 Å². The summed E-state index contributed by atoms with van der Waals surface area (Å²) in [5, 5.41) is 3.82.